The molecule has 0 amide bonds. The van der Waals surface area contributed by atoms with Crippen molar-refractivity contribution in [3.63, 3.8) is 0 Å². The molecule has 0 spiro atoms. The molecule has 0 saturated carbocycles. The lowest BCUT2D eigenvalue weighted by atomic mass is 10.1. The summed E-state index contributed by atoms with van der Waals surface area (Å²) in [6.45, 7) is 5.12. The molecule has 0 atom stereocenters. The molecule has 0 aliphatic carbocycles. The fraction of sp³-hybridized carbons (Fsp3) is 0.667. The van der Waals surface area contributed by atoms with Crippen LogP contribution in [-0.4, -0.2) is 28.6 Å². The van der Waals surface area contributed by atoms with Crippen LogP contribution < -0.4 is 15.8 Å². The second kappa shape index (κ2) is 5.33. The van der Waals surface area contributed by atoms with E-state index in [9.17, 15) is 0 Å². The maximum absolute atomic E-state index is 5.48. The number of anilines is 2. The van der Waals surface area contributed by atoms with Gasteiger partial charge >= 0.3 is 6.01 Å². The smallest absolute Gasteiger partial charge is 0.322 e. The molecule has 1 aromatic heterocycles. The molecule has 0 aromatic carbocycles. The Kier molecular flexibility index (Phi) is 4.08. The van der Waals surface area contributed by atoms with Gasteiger partial charge in [-0.15, -0.1) is 0 Å². The van der Waals surface area contributed by atoms with E-state index >= 15 is 0 Å². The van der Waals surface area contributed by atoms with Crippen LogP contribution in [0.15, 0.2) is 0 Å². The van der Waals surface area contributed by atoms with Gasteiger partial charge in [0.05, 0.1) is 7.11 Å². The largest absolute Gasteiger partial charge is 0.467 e. The topological polar surface area (TPSA) is 86.0 Å². The van der Waals surface area contributed by atoms with Crippen molar-refractivity contribution in [3.05, 3.63) is 0 Å². The van der Waals surface area contributed by atoms with Crippen molar-refractivity contribution in [2.45, 2.75) is 20.3 Å². The summed E-state index contributed by atoms with van der Waals surface area (Å²) in [4.78, 5) is 11.7. The van der Waals surface area contributed by atoms with Gasteiger partial charge in [-0.1, -0.05) is 13.8 Å². The number of aromatic nitrogens is 3. The van der Waals surface area contributed by atoms with E-state index in [0.29, 0.717) is 11.9 Å². The summed E-state index contributed by atoms with van der Waals surface area (Å²) in [5, 5.41) is 3.07. The minimum atomic E-state index is 0.161. The molecule has 0 aliphatic heterocycles. The number of methoxy groups -OCH3 is 1. The Morgan fingerprint density at radius 1 is 1.33 bits per heavy atom. The van der Waals surface area contributed by atoms with Gasteiger partial charge in [-0.3, -0.25) is 0 Å². The minimum Gasteiger partial charge on any atom is -0.467 e. The van der Waals surface area contributed by atoms with Crippen LogP contribution in [0.25, 0.3) is 0 Å². The van der Waals surface area contributed by atoms with Gasteiger partial charge in [-0.2, -0.15) is 15.0 Å². The van der Waals surface area contributed by atoms with Crippen molar-refractivity contribution in [1.29, 1.82) is 0 Å². The van der Waals surface area contributed by atoms with Crippen LogP contribution in [0, 0.1) is 5.92 Å². The van der Waals surface area contributed by atoms with Gasteiger partial charge in [0.2, 0.25) is 11.9 Å². The maximum Gasteiger partial charge on any atom is 0.322 e. The van der Waals surface area contributed by atoms with Crippen LogP contribution in [-0.2, 0) is 0 Å². The van der Waals surface area contributed by atoms with Gasteiger partial charge < -0.3 is 15.8 Å². The molecule has 6 heteroatoms. The Morgan fingerprint density at radius 3 is 2.67 bits per heavy atom. The van der Waals surface area contributed by atoms with Gasteiger partial charge in [-0.25, -0.2) is 0 Å². The fourth-order valence-corrected chi connectivity index (χ4v) is 1.02. The lowest BCUT2D eigenvalue weighted by Gasteiger charge is -2.07. The van der Waals surface area contributed by atoms with E-state index < -0.39 is 0 Å². The number of nitrogens with two attached hydrogens (primary N) is 1. The predicted octanol–water partition coefficient (Wildman–Crippen LogP) is 0.920. The fourth-order valence-electron chi connectivity index (χ4n) is 1.02. The molecule has 0 unspecified atom stereocenters. The highest BCUT2D eigenvalue weighted by atomic mass is 16.5. The van der Waals surface area contributed by atoms with Crippen molar-refractivity contribution in [1.82, 2.24) is 15.0 Å². The number of ether oxygens (including phenoxy) is 1. The Bertz CT molecular complexity index is 315. The monoisotopic (exact) mass is 211 g/mol. The molecule has 15 heavy (non-hydrogen) atoms. The number of hydrogen-bond acceptors (Lipinski definition) is 6. The lowest BCUT2D eigenvalue weighted by molar-refractivity contribution is 0.379. The predicted molar refractivity (Wildman–Crippen MR) is 58.7 cm³/mol. The van der Waals surface area contributed by atoms with Crippen LogP contribution in [0.4, 0.5) is 11.9 Å². The molecule has 1 aromatic rings. The minimum absolute atomic E-state index is 0.161. The molecule has 0 aliphatic rings. The molecule has 1 heterocycles. The number of hydrogen-bond donors (Lipinski definition) is 2. The molecule has 0 radical (unpaired) electrons. The van der Waals surface area contributed by atoms with Crippen molar-refractivity contribution in [3.8, 4) is 6.01 Å². The average Bonchev–Trinajstić information content (AvgIpc) is 2.16. The van der Waals surface area contributed by atoms with E-state index in [1.165, 1.54) is 7.11 Å². The molecule has 3 N–H and O–H groups in total. The highest BCUT2D eigenvalue weighted by molar-refractivity contribution is 5.32. The van der Waals surface area contributed by atoms with E-state index in [4.69, 9.17) is 10.5 Å². The molecule has 0 fully saturated rings. The molecule has 1 rings (SSSR count). The lowest BCUT2D eigenvalue weighted by Crippen LogP contribution is -2.10. The highest BCUT2D eigenvalue weighted by Crippen LogP contribution is 2.08. The van der Waals surface area contributed by atoms with Gasteiger partial charge in [-0.05, 0) is 12.3 Å². The summed E-state index contributed by atoms with van der Waals surface area (Å²) in [6, 6.07) is 0.231. The van der Waals surface area contributed by atoms with Crippen molar-refractivity contribution in [2.75, 3.05) is 24.7 Å². The van der Waals surface area contributed by atoms with Crippen LogP contribution in [0.3, 0.4) is 0 Å². The standard InChI is InChI=1S/C9H17N5O/c1-6(2)4-5-11-8-12-7(10)13-9(14-8)15-3/h6H,4-5H2,1-3H3,(H3,10,11,12,13,14). The quantitative estimate of drug-likeness (QED) is 0.753. The number of nitrogen functional groups attached to an aromatic ring is 1. The Hall–Kier alpha value is -1.59. The van der Waals surface area contributed by atoms with E-state index in [2.05, 4.69) is 34.1 Å². The molecule has 0 saturated heterocycles. The van der Waals surface area contributed by atoms with Gasteiger partial charge in [0.25, 0.3) is 0 Å². The van der Waals surface area contributed by atoms with Crippen molar-refractivity contribution < 1.29 is 4.74 Å². The summed E-state index contributed by atoms with van der Waals surface area (Å²) >= 11 is 0. The summed E-state index contributed by atoms with van der Waals surface area (Å²) in [6.07, 6.45) is 1.05. The van der Waals surface area contributed by atoms with E-state index in [1.807, 2.05) is 0 Å². The zero-order valence-corrected chi connectivity index (χ0v) is 9.32. The SMILES string of the molecule is COc1nc(N)nc(NCCC(C)C)n1. The zero-order valence-electron chi connectivity index (χ0n) is 9.32. The Morgan fingerprint density at radius 2 is 2.07 bits per heavy atom. The first kappa shape index (κ1) is 11.5. The third kappa shape index (κ3) is 3.97. The first-order valence-electron chi connectivity index (χ1n) is 4.91. The molecule has 6 nitrogen and oxygen atoms in total. The zero-order chi connectivity index (χ0) is 11.3. The first-order chi connectivity index (χ1) is 7.11. The van der Waals surface area contributed by atoms with Gasteiger partial charge in [0, 0.05) is 6.54 Å². The van der Waals surface area contributed by atoms with Crippen LogP contribution >= 0.6 is 0 Å². The first-order valence-corrected chi connectivity index (χ1v) is 4.91. The number of rotatable bonds is 5. The summed E-state index contributed by atoms with van der Waals surface area (Å²) < 4.78 is 4.88. The second-order valence-electron chi connectivity index (χ2n) is 3.61. The van der Waals surface area contributed by atoms with Crippen molar-refractivity contribution in [2.24, 2.45) is 5.92 Å². The molecular weight excluding hydrogens is 194 g/mol. The summed E-state index contributed by atoms with van der Waals surface area (Å²) in [5.41, 5.74) is 5.48. The summed E-state index contributed by atoms with van der Waals surface area (Å²) in [7, 11) is 1.49. The van der Waals surface area contributed by atoms with Crippen molar-refractivity contribution >= 4 is 11.9 Å². The summed E-state index contributed by atoms with van der Waals surface area (Å²) in [5.74, 6) is 1.26. The third-order valence-corrected chi connectivity index (χ3v) is 1.82. The van der Waals surface area contributed by atoms with Gasteiger partial charge in [0.15, 0.2) is 0 Å². The van der Waals surface area contributed by atoms with E-state index in [1.54, 1.807) is 0 Å². The van der Waals surface area contributed by atoms with Crippen LogP contribution in [0.1, 0.15) is 20.3 Å². The number of nitrogens with zero attached hydrogens (tertiary/aromatic N) is 3. The molecule has 0 bridgehead atoms. The van der Waals surface area contributed by atoms with Crippen LogP contribution in [0.2, 0.25) is 0 Å². The van der Waals surface area contributed by atoms with Gasteiger partial charge in [0.1, 0.15) is 0 Å². The third-order valence-electron chi connectivity index (χ3n) is 1.82. The average molecular weight is 211 g/mol. The Balaban J connectivity index is 2.56. The molecule has 84 valence electrons. The normalized spacial score (nSPS) is 10.4. The Labute approximate surface area is 89.3 Å². The van der Waals surface area contributed by atoms with E-state index in [0.717, 1.165) is 13.0 Å². The second-order valence-corrected chi connectivity index (χ2v) is 3.61. The highest BCUT2D eigenvalue weighted by Gasteiger charge is 2.03. The van der Waals surface area contributed by atoms with E-state index in [-0.39, 0.29) is 12.0 Å². The number of nitrogens with one attached hydrogen (secondary N) is 1. The maximum atomic E-state index is 5.48. The van der Waals surface area contributed by atoms with Crippen LogP contribution in [0.5, 0.6) is 6.01 Å². The molecular formula is C9H17N5O.